The van der Waals surface area contributed by atoms with E-state index in [-0.39, 0.29) is 12.6 Å². The van der Waals surface area contributed by atoms with Gasteiger partial charge in [0.05, 0.1) is 0 Å². The molecule has 11 rings (SSSR count). The average Bonchev–Trinajstić information content (AvgIpc) is 3.30. The Bertz CT molecular complexity index is 2840. The molecule has 2 aliphatic rings. The molecule has 0 aliphatic carbocycles. The summed E-state index contributed by atoms with van der Waals surface area (Å²) in [5.41, 5.74) is 19.7. The quantitative estimate of drug-likeness (QED) is 0.119. The fraction of sp³-hybridized carbons (Fsp3) is 0.0182. The van der Waals surface area contributed by atoms with Gasteiger partial charge in [-0.25, -0.2) is 0 Å². The number of nitrogens with zero attached hydrogens (tertiary/aromatic N) is 2. The van der Waals surface area contributed by atoms with Crippen LogP contribution in [-0.4, -0.2) is 6.71 Å². The van der Waals surface area contributed by atoms with Crippen LogP contribution in [0.15, 0.2) is 231 Å². The average molecular weight is 739 g/mol. The van der Waals surface area contributed by atoms with Crippen LogP contribution in [0.2, 0.25) is 0 Å². The molecule has 0 amide bonds. The summed E-state index contributed by atoms with van der Waals surface area (Å²) in [4.78, 5) is 4.98. The van der Waals surface area contributed by atoms with Crippen molar-refractivity contribution in [3.05, 3.63) is 247 Å². The molecule has 2 heterocycles. The van der Waals surface area contributed by atoms with E-state index in [0.29, 0.717) is 0 Å². The van der Waals surface area contributed by atoms with Gasteiger partial charge in [0.15, 0.2) is 0 Å². The number of para-hydroxylation sites is 1. The molecule has 0 aromatic heterocycles. The van der Waals surface area contributed by atoms with E-state index in [1.165, 1.54) is 78.1 Å². The molecule has 0 atom stereocenters. The Kier molecular flexibility index (Phi) is 8.37. The molecule has 0 N–H and O–H groups in total. The van der Waals surface area contributed by atoms with Crippen LogP contribution >= 0.6 is 0 Å². The lowest BCUT2D eigenvalue weighted by Gasteiger charge is -2.44. The van der Waals surface area contributed by atoms with Crippen LogP contribution in [0.3, 0.4) is 0 Å². The van der Waals surface area contributed by atoms with E-state index >= 15 is 0 Å². The summed E-state index contributed by atoms with van der Waals surface area (Å²) in [6, 6.07) is 84.5. The van der Waals surface area contributed by atoms with E-state index in [4.69, 9.17) is 0 Å². The largest absolute Gasteiger partial charge is 0.311 e. The fourth-order valence-electron chi connectivity index (χ4n) is 9.37. The third kappa shape index (κ3) is 5.74. The van der Waals surface area contributed by atoms with Gasteiger partial charge in [0.2, 0.25) is 0 Å². The number of benzene rings is 9. The Hall–Kier alpha value is -7.36. The second-order valence-electron chi connectivity index (χ2n) is 15.3. The topological polar surface area (TPSA) is 6.48 Å². The number of hydrogen-bond acceptors (Lipinski definition) is 2. The van der Waals surface area contributed by atoms with Crippen LogP contribution in [0, 0.1) is 0 Å². The van der Waals surface area contributed by atoms with Crippen molar-refractivity contribution >= 4 is 57.2 Å². The van der Waals surface area contributed by atoms with E-state index in [9.17, 15) is 0 Å². The smallest absolute Gasteiger partial charge is 0.252 e. The second-order valence-corrected chi connectivity index (χ2v) is 15.3. The van der Waals surface area contributed by atoms with Crippen LogP contribution in [0.25, 0.3) is 22.3 Å². The highest BCUT2D eigenvalue weighted by molar-refractivity contribution is 7.00. The van der Waals surface area contributed by atoms with Gasteiger partial charge in [-0.15, -0.1) is 0 Å². The van der Waals surface area contributed by atoms with Crippen LogP contribution in [-0.2, 0) is 0 Å². The van der Waals surface area contributed by atoms with Crippen molar-refractivity contribution in [1.82, 2.24) is 0 Å². The summed E-state index contributed by atoms with van der Waals surface area (Å²) in [6.45, 7) is 0.0537. The fourth-order valence-corrected chi connectivity index (χ4v) is 9.37. The Morgan fingerprint density at radius 2 is 0.707 bits per heavy atom. The Morgan fingerprint density at radius 3 is 1.24 bits per heavy atom. The van der Waals surface area contributed by atoms with Gasteiger partial charge >= 0.3 is 0 Å². The molecule has 2 aliphatic heterocycles. The zero-order chi connectivity index (χ0) is 38.4. The summed E-state index contributed by atoms with van der Waals surface area (Å²) < 4.78 is 0. The molecule has 9 aromatic rings. The van der Waals surface area contributed by atoms with E-state index in [2.05, 4.69) is 240 Å². The first-order chi connectivity index (χ1) is 28.8. The summed E-state index contributed by atoms with van der Waals surface area (Å²) >= 11 is 0. The Morgan fingerprint density at radius 1 is 0.293 bits per heavy atom. The van der Waals surface area contributed by atoms with Crippen molar-refractivity contribution in [1.29, 1.82) is 0 Å². The predicted molar refractivity (Wildman–Crippen MR) is 245 cm³/mol. The lowest BCUT2D eigenvalue weighted by Crippen LogP contribution is -2.61. The number of rotatable bonds is 7. The SMILES string of the molecule is c1ccc(-c2ccc(N3c4ccccc4B4c5ccc(C(c6ccccc6)c6ccccc6)cc5N(c5ccc(-c6ccccc6)cc5)c5cccc3c54)cc2)cc1. The third-order valence-electron chi connectivity index (χ3n) is 12.0. The summed E-state index contributed by atoms with van der Waals surface area (Å²) in [6.07, 6.45) is 0. The summed E-state index contributed by atoms with van der Waals surface area (Å²) in [7, 11) is 0. The summed E-state index contributed by atoms with van der Waals surface area (Å²) in [5.74, 6) is 0.0794. The molecular formula is C55H39BN2. The molecule has 0 bridgehead atoms. The van der Waals surface area contributed by atoms with Crippen LogP contribution < -0.4 is 26.2 Å². The van der Waals surface area contributed by atoms with Gasteiger partial charge in [0, 0.05) is 40.0 Å². The monoisotopic (exact) mass is 738 g/mol. The molecule has 0 spiro atoms. The van der Waals surface area contributed by atoms with Gasteiger partial charge in [-0.1, -0.05) is 182 Å². The van der Waals surface area contributed by atoms with Crippen LogP contribution in [0.5, 0.6) is 0 Å². The molecule has 0 radical (unpaired) electrons. The lowest BCUT2D eigenvalue weighted by atomic mass is 9.33. The standard InChI is InChI=1S/C55H39BN2/c1-5-16-39(17-6-1)41-28-33-46(34-29-41)57-50-25-14-13-24-48(50)56-49-37-32-45(54(43-20-9-3-10-21-43)44-22-11-4-12-23-44)38-53(49)58(52-27-15-26-51(57)55(52)56)47-35-30-42(31-36-47)40-18-7-2-8-19-40/h1-38,54H. The molecule has 272 valence electrons. The van der Waals surface area contributed by atoms with E-state index in [1.807, 2.05) is 0 Å². The van der Waals surface area contributed by atoms with Crippen molar-refractivity contribution in [2.75, 3.05) is 9.80 Å². The van der Waals surface area contributed by atoms with Gasteiger partial charge in [0.1, 0.15) is 0 Å². The van der Waals surface area contributed by atoms with Gasteiger partial charge < -0.3 is 9.80 Å². The van der Waals surface area contributed by atoms with Gasteiger partial charge in [0.25, 0.3) is 6.71 Å². The molecule has 3 heteroatoms. The third-order valence-corrected chi connectivity index (χ3v) is 12.0. The molecule has 2 nitrogen and oxygen atoms in total. The molecule has 0 unspecified atom stereocenters. The van der Waals surface area contributed by atoms with E-state index in [1.54, 1.807) is 0 Å². The first-order valence-electron chi connectivity index (χ1n) is 20.2. The van der Waals surface area contributed by atoms with E-state index in [0.717, 1.165) is 11.4 Å². The van der Waals surface area contributed by atoms with Crippen molar-refractivity contribution in [3.8, 4) is 22.3 Å². The maximum atomic E-state index is 2.51. The second kappa shape index (κ2) is 14.3. The molecular weight excluding hydrogens is 699 g/mol. The summed E-state index contributed by atoms with van der Waals surface area (Å²) in [5, 5.41) is 0. The minimum Gasteiger partial charge on any atom is -0.311 e. The molecule has 0 saturated heterocycles. The Labute approximate surface area is 341 Å². The highest BCUT2D eigenvalue weighted by Gasteiger charge is 2.43. The normalized spacial score (nSPS) is 12.5. The maximum Gasteiger partial charge on any atom is 0.252 e. The Balaban J connectivity index is 1.12. The zero-order valence-electron chi connectivity index (χ0n) is 32.0. The molecule has 9 aromatic carbocycles. The highest BCUT2D eigenvalue weighted by Crippen LogP contribution is 2.45. The number of anilines is 6. The van der Waals surface area contributed by atoms with Crippen LogP contribution in [0.4, 0.5) is 34.1 Å². The zero-order valence-corrected chi connectivity index (χ0v) is 32.0. The van der Waals surface area contributed by atoms with Gasteiger partial charge in [-0.2, -0.15) is 0 Å². The maximum absolute atomic E-state index is 2.51. The van der Waals surface area contributed by atoms with Gasteiger partial charge in [-0.05, 0) is 104 Å². The van der Waals surface area contributed by atoms with Crippen molar-refractivity contribution < 1.29 is 0 Å². The molecule has 0 fully saturated rings. The van der Waals surface area contributed by atoms with Crippen molar-refractivity contribution in [2.45, 2.75) is 5.92 Å². The van der Waals surface area contributed by atoms with E-state index < -0.39 is 0 Å². The minimum atomic E-state index is 0.0537. The lowest BCUT2D eigenvalue weighted by molar-refractivity contribution is 0.977. The first-order valence-corrected chi connectivity index (χ1v) is 20.2. The molecule has 0 saturated carbocycles. The predicted octanol–water partition coefficient (Wildman–Crippen LogP) is 12.3. The number of hydrogen-bond donors (Lipinski definition) is 0. The van der Waals surface area contributed by atoms with Crippen molar-refractivity contribution in [3.63, 3.8) is 0 Å². The number of fused-ring (bicyclic) bond motifs is 4. The highest BCUT2D eigenvalue weighted by atomic mass is 15.2. The first kappa shape index (κ1) is 33.9. The molecule has 58 heavy (non-hydrogen) atoms. The van der Waals surface area contributed by atoms with Gasteiger partial charge in [-0.3, -0.25) is 0 Å². The van der Waals surface area contributed by atoms with Crippen LogP contribution in [0.1, 0.15) is 22.6 Å². The van der Waals surface area contributed by atoms with Crippen molar-refractivity contribution in [2.24, 2.45) is 0 Å². The minimum absolute atomic E-state index is 0.0537.